The molecular weight excluding hydrogens is 479 g/mol. The van der Waals surface area contributed by atoms with Gasteiger partial charge in [-0.25, -0.2) is 0 Å². The molecule has 4 N–H and O–H groups in total. The summed E-state index contributed by atoms with van der Waals surface area (Å²) in [6.07, 6.45) is -4.74. The Labute approximate surface area is 178 Å². The Bertz CT molecular complexity index is 1460. The summed E-state index contributed by atoms with van der Waals surface area (Å²) in [7, 11) is -9.73. The Morgan fingerprint density at radius 3 is 1.97 bits per heavy atom. The third-order valence-corrected chi connectivity index (χ3v) is 5.93. The van der Waals surface area contributed by atoms with Gasteiger partial charge in [-0.1, -0.05) is 6.07 Å². The van der Waals surface area contributed by atoms with Crippen molar-refractivity contribution in [1.29, 1.82) is 0 Å². The number of phenols is 1. The lowest BCUT2D eigenvalue weighted by atomic mass is 10.1. The Balaban J connectivity index is 2.20. The largest absolute Gasteiger partial charge is 0.507 e. The fourth-order valence-corrected chi connectivity index (χ4v) is 3.95. The summed E-state index contributed by atoms with van der Waals surface area (Å²) in [5, 5.41) is 11.7. The molecule has 0 atom stereocenters. The molecule has 0 spiro atoms. The fraction of sp³-hybridized carbons (Fsp3) is 0.0556. The fourth-order valence-electron chi connectivity index (χ4n) is 2.87. The molecule has 0 aromatic heterocycles. The zero-order valence-electron chi connectivity index (χ0n) is 15.5. The second-order valence-corrected chi connectivity index (χ2v) is 9.34. The molecule has 0 saturated carbocycles. The van der Waals surface area contributed by atoms with E-state index in [4.69, 9.17) is 0 Å². The molecule has 3 rings (SSSR count). The maximum Gasteiger partial charge on any atom is 0.416 e. The van der Waals surface area contributed by atoms with Gasteiger partial charge in [0.15, 0.2) is 0 Å². The zero-order valence-corrected chi connectivity index (χ0v) is 17.1. The first-order chi connectivity index (χ1) is 14.6. The first-order valence-corrected chi connectivity index (χ1v) is 11.2. The molecule has 0 saturated heterocycles. The van der Waals surface area contributed by atoms with E-state index < -0.39 is 64.7 Å². The van der Waals surface area contributed by atoms with E-state index in [0.717, 1.165) is 36.4 Å². The Hall–Kier alpha value is -3.20. The van der Waals surface area contributed by atoms with Crippen LogP contribution in [-0.2, 0) is 26.4 Å². The minimum Gasteiger partial charge on any atom is -0.507 e. The average Bonchev–Trinajstić information content (AvgIpc) is 2.65. The number of carbonyl (C=O) groups excluding carboxylic acids is 1. The number of alkyl halides is 3. The number of anilines is 1. The molecule has 14 heteroatoms. The van der Waals surface area contributed by atoms with Crippen molar-refractivity contribution >= 4 is 42.6 Å². The lowest BCUT2D eigenvalue weighted by Crippen LogP contribution is -2.15. The van der Waals surface area contributed by atoms with Gasteiger partial charge in [0.25, 0.3) is 26.1 Å². The molecule has 0 aliphatic carbocycles. The SMILES string of the molecule is O=C(Nc1cc(S(=O)(=O)O)cc2cc(S(=O)(=O)O)cc(O)c12)c1cccc(C(F)(F)F)c1. The number of halogens is 3. The number of fused-ring (bicyclic) bond motifs is 1. The molecule has 0 unspecified atom stereocenters. The van der Waals surface area contributed by atoms with Gasteiger partial charge in [0.05, 0.1) is 21.0 Å². The van der Waals surface area contributed by atoms with Gasteiger partial charge < -0.3 is 10.4 Å². The van der Waals surface area contributed by atoms with E-state index in [1.807, 2.05) is 0 Å². The van der Waals surface area contributed by atoms with E-state index in [1.54, 1.807) is 0 Å². The van der Waals surface area contributed by atoms with Gasteiger partial charge >= 0.3 is 6.18 Å². The van der Waals surface area contributed by atoms with E-state index in [1.165, 1.54) is 0 Å². The molecule has 170 valence electrons. The molecular formula is C18H12F3NO8S2. The first-order valence-electron chi connectivity index (χ1n) is 8.32. The van der Waals surface area contributed by atoms with Crippen molar-refractivity contribution in [2.75, 3.05) is 5.32 Å². The van der Waals surface area contributed by atoms with Gasteiger partial charge in [0.2, 0.25) is 0 Å². The van der Waals surface area contributed by atoms with Gasteiger partial charge in [0.1, 0.15) is 5.75 Å². The Morgan fingerprint density at radius 2 is 1.44 bits per heavy atom. The molecule has 9 nitrogen and oxygen atoms in total. The van der Waals surface area contributed by atoms with Crippen LogP contribution >= 0.6 is 0 Å². The molecule has 0 heterocycles. The highest BCUT2D eigenvalue weighted by atomic mass is 32.2. The summed E-state index contributed by atoms with van der Waals surface area (Å²) in [6, 6.07) is 6.16. The predicted molar refractivity (Wildman–Crippen MR) is 105 cm³/mol. The van der Waals surface area contributed by atoms with Crippen molar-refractivity contribution in [1.82, 2.24) is 0 Å². The van der Waals surface area contributed by atoms with Gasteiger partial charge in [-0.2, -0.15) is 30.0 Å². The van der Waals surface area contributed by atoms with E-state index in [-0.39, 0.29) is 10.8 Å². The maximum absolute atomic E-state index is 12.9. The maximum atomic E-state index is 12.9. The van der Waals surface area contributed by atoms with Crippen LogP contribution in [0.4, 0.5) is 18.9 Å². The quantitative estimate of drug-likeness (QED) is 0.405. The summed E-state index contributed by atoms with van der Waals surface area (Å²) in [4.78, 5) is 10.9. The smallest absolute Gasteiger partial charge is 0.416 e. The van der Waals surface area contributed by atoms with Crippen LogP contribution in [-0.4, -0.2) is 37.0 Å². The third kappa shape index (κ3) is 4.83. The zero-order chi connectivity index (χ0) is 24.1. The number of aromatic hydroxyl groups is 1. The summed E-state index contributed by atoms with van der Waals surface area (Å²) < 4.78 is 103. The van der Waals surface area contributed by atoms with Gasteiger partial charge in [-0.3, -0.25) is 13.9 Å². The summed E-state index contributed by atoms with van der Waals surface area (Å²) in [5.41, 5.74) is -2.04. The summed E-state index contributed by atoms with van der Waals surface area (Å²) in [6.45, 7) is 0. The van der Waals surface area contributed by atoms with Crippen molar-refractivity contribution in [2.45, 2.75) is 16.0 Å². The van der Waals surface area contributed by atoms with Crippen molar-refractivity contribution in [3.05, 3.63) is 59.7 Å². The molecule has 1 amide bonds. The molecule has 32 heavy (non-hydrogen) atoms. The van der Waals surface area contributed by atoms with Gasteiger partial charge in [-0.05, 0) is 41.8 Å². The molecule has 0 aliphatic heterocycles. The number of rotatable bonds is 4. The van der Waals surface area contributed by atoms with Crippen LogP contribution in [0.2, 0.25) is 0 Å². The van der Waals surface area contributed by atoms with E-state index >= 15 is 0 Å². The third-order valence-electron chi connectivity index (χ3n) is 4.27. The van der Waals surface area contributed by atoms with Crippen molar-refractivity contribution in [2.24, 2.45) is 0 Å². The number of phenolic OH excluding ortho intramolecular Hbond substituents is 1. The normalized spacial score (nSPS) is 12.7. The number of amides is 1. The summed E-state index contributed by atoms with van der Waals surface area (Å²) in [5.74, 6) is -1.93. The van der Waals surface area contributed by atoms with Crippen molar-refractivity contribution < 1.29 is 49.0 Å². The van der Waals surface area contributed by atoms with Crippen molar-refractivity contribution in [3.8, 4) is 5.75 Å². The topological polar surface area (TPSA) is 158 Å². The van der Waals surface area contributed by atoms with E-state index in [0.29, 0.717) is 12.1 Å². The molecule has 0 fully saturated rings. The standard InChI is InChI=1S/C18H12F3NO8S2/c19-18(20,21)11-3-1-2-9(4-11)17(24)22-14-7-12(31(25,26)27)5-10-6-13(32(28,29)30)8-15(23)16(10)14/h1-8,23H,(H,22,24)(H,25,26,27)(H,28,29,30). The van der Waals surface area contributed by atoms with Crippen LogP contribution in [0.1, 0.15) is 15.9 Å². The molecule has 3 aromatic carbocycles. The van der Waals surface area contributed by atoms with Crippen LogP contribution in [0, 0.1) is 0 Å². The minimum absolute atomic E-state index is 0.301. The highest BCUT2D eigenvalue weighted by molar-refractivity contribution is 7.86. The van der Waals surface area contributed by atoms with Crippen LogP contribution in [0.15, 0.2) is 58.3 Å². The lowest BCUT2D eigenvalue weighted by Gasteiger charge is -2.14. The monoisotopic (exact) mass is 491 g/mol. The van der Waals surface area contributed by atoms with Crippen LogP contribution < -0.4 is 5.32 Å². The second-order valence-electron chi connectivity index (χ2n) is 6.49. The number of hydrogen-bond donors (Lipinski definition) is 4. The van der Waals surface area contributed by atoms with Crippen LogP contribution in [0.25, 0.3) is 10.8 Å². The first kappa shape index (κ1) is 23.5. The van der Waals surface area contributed by atoms with Gasteiger partial charge in [0, 0.05) is 17.0 Å². The summed E-state index contributed by atoms with van der Waals surface area (Å²) >= 11 is 0. The van der Waals surface area contributed by atoms with Crippen LogP contribution in [0.3, 0.4) is 0 Å². The predicted octanol–water partition coefficient (Wildman–Crippen LogP) is 3.31. The lowest BCUT2D eigenvalue weighted by molar-refractivity contribution is -0.137. The highest BCUT2D eigenvalue weighted by Crippen LogP contribution is 2.37. The average molecular weight is 491 g/mol. The Morgan fingerprint density at radius 1 is 0.875 bits per heavy atom. The molecule has 3 aromatic rings. The highest BCUT2D eigenvalue weighted by Gasteiger charge is 2.31. The number of nitrogens with one attached hydrogen (secondary N) is 1. The Kier molecular flexibility index (Phi) is 5.67. The van der Waals surface area contributed by atoms with E-state index in [2.05, 4.69) is 5.32 Å². The number of benzene rings is 3. The number of carbonyl (C=O) groups is 1. The molecule has 0 aliphatic rings. The second kappa shape index (κ2) is 7.74. The van der Waals surface area contributed by atoms with Crippen molar-refractivity contribution in [3.63, 3.8) is 0 Å². The van der Waals surface area contributed by atoms with Crippen LogP contribution in [0.5, 0.6) is 5.75 Å². The minimum atomic E-state index is -4.90. The van der Waals surface area contributed by atoms with Gasteiger partial charge in [-0.15, -0.1) is 0 Å². The van der Waals surface area contributed by atoms with E-state index in [9.17, 15) is 49.0 Å². The number of hydrogen-bond acceptors (Lipinski definition) is 6. The molecule has 0 bridgehead atoms. The molecule has 0 radical (unpaired) electrons.